The van der Waals surface area contributed by atoms with Crippen molar-refractivity contribution in [3.05, 3.63) is 53.4 Å². The zero-order chi connectivity index (χ0) is 17.6. The Morgan fingerprint density at radius 2 is 1.81 bits per heavy atom. The molecule has 1 aromatic carbocycles. The van der Waals surface area contributed by atoms with Crippen LogP contribution in [0.15, 0.2) is 53.0 Å². The van der Waals surface area contributed by atoms with Gasteiger partial charge in [0.1, 0.15) is 0 Å². The standard InChI is InChI=1S/C20H24N4S2/c1-3-8-17(9-4-1)16-24-19(18-10-7-14-25-18)21-22-20(24)26-15-13-23-11-5-2-6-12-23/h1,3-4,7-10,14H,2,5-6,11-13,15-16H2. The van der Waals surface area contributed by atoms with E-state index >= 15 is 0 Å². The summed E-state index contributed by atoms with van der Waals surface area (Å²) in [5, 5.41) is 12.1. The Balaban J connectivity index is 1.50. The Morgan fingerprint density at radius 1 is 0.962 bits per heavy atom. The van der Waals surface area contributed by atoms with Crippen molar-refractivity contribution < 1.29 is 0 Å². The number of benzene rings is 1. The van der Waals surface area contributed by atoms with E-state index in [9.17, 15) is 0 Å². The van der Waals surface area contributed by atoms with Crippen LogP contribution in [0.5, 0.6) is 0 Å². The summed E-state index contributed by atoms with van der Waals surface area (Å²) in [4.78, 5) is 3.76. The Bertz CT molecular complexity index is 793. The minimum atomic E-state index is 0.813. The maximum absolute atomic E-state index is 4.52. The van der Waals surface area contributed by atoms with Crippen molar-refractivity contribution in [1.29, 1.82) is 0 Å². The number of nitrogens with zero attached hydrogens (tertiary/aromatic N) is 4. The molecule has 0 unspecified atom stereocenters. The van der Waals surface area contributed by atoms with E-state index in [-0.39, 0.29) is 0 Å². The second-order valence-electron chi connectivity index (χ2n) is 6.61. The molecule has 4 nitrogen and oxygen atoms in total. The van der Waals surface area contributed by atoms with E-state index in [1.165, 1.54) is 42.8 Å². The van der Waals surface area contributed by atoms with Crippen LogP contribution < -0.4 is 0 Å². The molecule has 1 aliphatic heterocycles. The van der Waals surface area contributed by atoms with E-state index in [1.54, 1.807) is 11.3 Å². The normalized spacial score (nSPS) is 15.4. The fourth-order valence-electron chi connectivity index (χ4n) is 3.34. The van der Waals surface area contributed by atoms with Crippen LogP contribution in [0.2, 0.25) is 0 Å². The van der Waals surface area contributed by atoms with Gasteiger partial charge in [0.2, 0.25) is 0 Å². The molecule has 6 heteroatoms. The Labute approximate surface area is 163 Å². The van der Waals surface area contributed by atoms with Gasteiger partial charge in [0, 0.05) is 12.3 Å². The maximum atomic E-state index is 4.52. The van der Waals surface area contributed by atoms with Crippen LogP contribution in [-0.4, -0.2) is 45.1 Å². The summed E-state index contributed by atoms with van der Waals surface area (Å²) in [5.41, 5.74) is 1.28. The number of hydrogen-bond acceptors (Lipinski definition) is 5. The molecule has 0 atom stereocenters. The average Bonchev–Trinajstić information content (AvgIpc) is 3.34. The van der Waals surface area contributed by atoms with E-state index < -0.39 is 0 Å². The first-order valence-electron chi connectivity index (χ1n) is 9.26. The van der Waals surface area contributed by atoms with Gasteiger partial charge >= 0.3 is 0 Å². The Morgan fingerprint density at radius 3 is 2.58 bits per heavy atom. The lowest BCUT2D eigenvalue weighted by Gasteiger charge is -2.25. The van der Waals surface area contributed by atoms with E-state index in [1.807, 2.05) is 11.8 Å². The van der Waals surface area contributed by atoms with E-state index in [4.69, 9.17) is 0 Å². The Kier molecular flexibility index (Phi) is 6.04. The molecule has 0 radical (unpaired) electrons. The smallest absolute Gasteiger partial charge is 0.191 e. The fraction of sp³-hybridized carbons (Fsp3) is 0.400. The number of aromatic nitrogens is 3. The zero-order valence-corrected chi connectivity index (χ0v) is 16.5. The third-order valence-electron chi connectivity index (χ3n) is 4.73. The summed E-state index contributed by atoms with van der Waals surface area (Å²) in [6, 6.07) is 14.8. The molecule has 1 fully saturated rings. The predicted octanol–water partition coefficient (Wildman–Crippen LogP) is 4.63. The predicted molar refractivity (Wildman–Crippen MR) is 110 cm³/mol. The number of piperidine rings is 1. The molecule has 3 aromatic rings. The molecule has 4 rings (SSSR count). The third-order valence-corrected chi connectivity index (χ3v) is 6.54. The van der Waals surface area contributed by atoms with Crippen LogP contribution in [0, 0.1) is 0 Å². The van der Waals surface area contributed by atoms with Gasteiger partial charge in [0.15, 0.2) is 11.0 Å². The van der Waals surface area contributed by atoms with Crippen LogP contribution in [0.4, 0.5) is 0 Å². The summed E-state index contributed by atoms with van der Waals surface area (Å²) in [6.45, 7) is 4.44. The molecular weight excluding hydrogens is 360 g/mol. The topological polar surface area (TPSA) is 34.0 Å². The van der Waals surface area contributed by atoms with Gasteiger partial charge in [-0.1, -0.05) is 54.6 Å². The Hall–Kier alpha value is -1.63. The third kappa shape index (κ3) is 4.37. The molecule has 0 saturated carbocycles. The highest BCUT2D eigenvalue weighted by molar-refractivity contribution is 7.99. The molecule has 2 aromatic heterocycles. The van der Waals surface area contributed by atoms with E-state index in [0.717, 1.165) is 29.8 Å². The average molecular weight is 385 g/mol. The maximum Gasteiger partial charge on any atom is 0.191 e. The summed E-state index contributed by atoms with van der Waals surface area (Å²) < 4.78 is 2.27. The monoisotopic (exact) mass is 384 g/mol. The quantitative estimate of drug-likeness (QED) is 0.556. The fourth-order valence-corrected chi connectivity index (χ4v) is 5.00. The van der Waals surface area contributed by atoms with Gasteiger partial charge in [-0.15, -0.1) is 21.5 Å². The zero-order valence-electron chi connectivity index (χ0n) is 14.9. The lowest BCUT2D eigenvalue weighted by molar-refractivity contribution is 0.242. The van der Waals surface area contributed by atoms with Crippen molar-refractivity contribution in [2.75, 3.05) is 25.4 Å². The summed E-state index contributed by atoms with van der Waals surface area (Å²) >= 11 is 3.55. The SMILES string of the molecule is c1ccc(Cn2c(SCCN3CCCCC3)nnc2-c2cccs2)cc1. The van der Waals surface area contributed by atoms with Gasteiger partial charge in [-0.2, -0.15) is 0 Å². The van der Waals surface area contributed by atoms with Gasteiger partial charge in [-0.05, 0) is 42.9 Å². The van der Waals surface area contributed by atoms with Gasteiger partial charge in [-0.25, -0.2) is 0 Å². The first-order valence-corrected chi connectivity index (χ1v) is 11.1. The molecule has 0 N–H and O–H groups in total. The minimum Gasteiger partial charge on any atom is -0.303 e. The van der Waals surface area contributed by atoms with Crippen molar-refractivity contribution >= 4 is 23.1 Å². The number of thioether (sulfide) groups is 1. The lowest BCUT2D eigenvalue weighted by atomic mass is 10.1. The van der Waals surface area contributed by atoms with E-state index in [0.29, 0.717) is 0 Å². The number of likely N-dealkylation sites (tertiary alicyclic amines) is 1. The first kappa shape index (κ1) is 17.8. The highest BCUT2D eigenvalue weighted by Crippen LogP contribution is 2.28. The van der Waals surface area contributed by atoms with Crippen LogP contribution in [0.3, 0.4) is 0 Å². The number of hydrogen-bond donors (Lipinski definition) is 0. The molecular formula is C20H24N4S2. The first-order chi connectivity index (χ1) is 12.9. The van der Waals surface area contributed by atoms with Gasteiger partial charge in [0.05, 0.1) is 11.4 Å². The molecule has 0 amide bonds. The van der Waals surface area contributed by atoms with Gasteiger partial charge in [-0.3, -0.25) is 4.57 Å². The highest BCUT2D eigenvalue weighted by atomic mass is 32.2. The van der Waals surface area contributed by atoms with Crippen molar-refractivity contribution in [1.82, 2.24) is 19.7 Å². The number of thiophene rings is 1. The van der Waals surface area contributed by atoms with Crippen LogP contribution in [0.1, 0.15) is 24.8 Å². The molecule has 0 aliphatic carbocycles. The second kappa shape index (κ2) is 8.84. The summed E-state index contributed by atoms with van der Waals surface area (Å²) in [7, 11) is 0. The highest BCUT2D eigenvalue weighted by Gasteiger charge is 2.16. The van der Waals surface area contributed by atoms with Crippen LogP contribution >= 0.6 is 23.1 Å². The molecule has 0 bridgehead atoms. The number of rotatable bonds is 7. The lowest BCUT2D eigenvalue weighted by Crippen LogP contribution is -2.31. The molecule has 1 aliphatic rings. The minimum absolute atomic E-state index is 0.813. The van der Waals surface area contributed by atoms with Crippen molar-refractivity contribution in [2.24, 2.45) is 0 Å². The molecule has 1 saturated heterocycles. The van der Waals surface area contributed by atoms with Crippen molar-refractivity contribution in [3.63, 3.8) is 0 Å². The molecule has 26 heavy (non-hydrogen) atoms. The van der Waals surface area contributed by atoms with E-state index in [2.05, 4.69) is 67.5 Å². The largest absolute Gasteiger partial charge is 0.303 e. The molecule has 3 heterocycles. The molecule has 136 valence electrons. The summed E-state index contributed by atoms with van der Waals surface area (Å²) in [5.74, 6) is 2.04. The van der Waals surface area contributed by atoms with Crippen LogP contribution in [-0.2, 0) is 6.54 Å². The van der Waals surface area contributed by atoms with Crippen molar-refractivity contribution in [3.8, 4) is 10.7 Å². The second-order valence-corrected chi connectivity index (χ2v) is 8.62. The van der Waals surface area contributed by atoms with Gasteiger partial charge in [0.25, 0.3) is 0 Å². The van der Waals surface area contributed by atoms with Crippen LogP contribution in [0.25, 0.3) is 10.7 Å². The summed E-state index contributed by atoms with van der Waals surface area (Å²) in [6.07, 6.45) is 4.08. The van der Waals surface area contributed by atoms with Crippen molar-refractivity contribution in [2.45, 2.75) is 31.0 Å². The molecule has 0 spiro atoms. The van der Waals surface area contributed by atoms with Gasteiger partial charge < -0.3 is 4.90 Å².